The lowest BCUT2D eigenvalue weighted by atomic mass is 9.94. The summed E-state index contributed by atoms with van der Waals surface area (Å²) < 4.78 is 11.9. The number of aromatic carboxylic acids is 4. The number of rotatable bonds is 9. The van der Waals surface area contributed by atoms with E-state index in [1.54, 1.807) is 12.2 Å². The Kier molecular flexibility index (Phi) is 6.95. The summed E-state index contributed by atoms with van der Waals surface area (Å²) in [6, 6.07) is 7.32. The highest BCUT2D eigenvalue weighted by molar-refractivity contribution is 6.04. The van der Waals surface area contributed by atoms with E-state index in [0.29, 0.717) is 0 Å². The number of benzene rings is 2. The minimum atomic E-state index is -1.80. The second-order valence-corrected chi connectivity index (χ2v) is 7.99. The molecule has 10 heteroatoms. The molecular formula is C25H22O10. The van der Waals surface area contributed by atoms with Crippen LogP contribution in [0.15, 0.2) is 60.2 Å². The Balaban J connectivity index is 2.17. The van der Waals surface area contributed by atoms with E-state index in [4.69, 9.17) is 9.47 Å². The summed E-state index contributed by atoms with van der Waals surface area (Å²) in [5.74, 6) is -8.39. The Morgan fingerprint density at radius 3 is 1.54 bits per heavy atom. The molecule has 35 heavy (non-hydrogen) atoms. The SMILES string of the molecule is CC(C)C1=CCC(Oc2cccc(C(=O)O)c2C(=O)O)(Oc2cccc(C(=O)O)c2C(=O)O)C=C1. The summed E-state index contributed by atoms with van der Waals surface area (Å²) in [7, 11) is 0. The molecular weight excluding hydrogens is 460 g/mol. The van der Waals surface area contributed by atoms with Crippen molar-refractivity contribution < 1.29 is 49.1 Å². The molecule has 1 aliphatic rings. The molecule has 0 unspecified atom stereocenters. The number of hydrogen-bond donors (Lipinski definition) is 4. The molecule has 4 N–H and O–H groups in total. The van der Waals surface area contributed by atoms with Crippen LogP contribution in [0.4, 0.5) is 0 Å². The lowest BCUT2D eigenvalue weighted by Gasteiger charge is -2.35. The molecule has 0 bridgehead atoms. The van der Waals surface area contributed by atoms with Gasteiger partial charge in [-0.3, -0.25) is 0 Å². The summed E-state index contributed by atoms with van der Waals surface area (Å²) in [4.78, 5) is 47.0. The Labute approximate surface area is 199 Å². The fraction of sp³-hybridized carbons (Fsp3) is 0.200. The fourth-order valence-electron chi connectivity index (χ4n) is 3.62. The van der Waals surface area contributed by atoms with Crippen molar-refractivity contribution in [2.75, 3.05) is 0 Å². The van der Waals surface area contributed by atoms with Gasteiger partial charge in [-0.25, -0.2) is 19.2 Å². The Bertz CT molecular complexity index is 1190. The van der Waals surface area contributed by atoms with Gasteiger partial charge in [-0.1, -0.05) is 38.1 Å². The van der Waals surface area contributed by atoms with Crippen molar-refractivity contribution in [3.8, 4) is 11.5 Å². The molecule has 2 aromatic carbocycles. The second-order valence-electron chi connectivity index (χ2n) is 7.99. The van der Waals surface area contributed by atoms with Crippen LogP contribution in [0, 0.1) is 5.92 Å². The Morgan fingerprint density at radius 2 is 1.23 bits per heavy atom. The van der Waals surface area contributed by atoms with Crippen molar-refractivity contribution in [3.63, 3.8) is 0 Å². The van der Waals surface area contributed by atoms with Crippen molar-refractivity contribution in [1.82, 2.24) is 0 Å². The van der Waals surface area contributed by atoms with Gasteiger partial charge in [0.15, 0.2) is 0 Å². The first kappa shape index (κ1) is 25.0. The summed E-state index contributed by atoms with van der Waals surface area (Å²) in [5.41, 5.74) is -1.35. The lowest BCUT2D eigenvalue weighted by molar-refractivity contribution is -0.0701. The molecule has 10 nitrogen and oxygen atoms in total. The van der Waals surface area contributed by atoms with Gasteiger partial charge in [0.2, 0.25) is 0 Å². The molecule has 3 rings (SSSR count). The topological polar surface area (TPSA) is 168 Å². The number of allylic oxidation sites excluding steroid dienone is 2. The summed E-state index contributed by atoms with van der Waals surface area (Å²) in [5, 5.41) is 38.2. The zero-order chi connectivity index (χ0) is 25.9. The van der Waals surface area contributed by atoms with Gasteiger partial charge in [0.1, 0.15) is 22.6 Å². The molecule has 2 aromatic rings. The molecule has 1 aliphatic carbocycles. The highest BCUT2D eigenvalue weighted by Crippen LogP contribution is 2.36. The molecule has 0 aliphatic heterocycles. The largest absolute Gasteiger partial charge is 0.478 e. The van der Waals surface area contributed by atoms with Crippen LogP contribution < -0.4 is 9.47 Å². The maximum Gasteiger partial charge on any atom is 0.340 e. The van der Waals surface area contributed by atoms with Gasteiger partial charge in [-0.2, -0.15) is 0 Å². The van der Waals surface area contributed by atoms with E-state index in [1.165, 1.54) is 30.3 Å². The first-order valence-corrected chi connectivity index (χ1v) is 10.4. The molecule has 0 amide bonds. The third-order valence-electron chi connectivity index (χ3n) is 5.33. The number of carbonyl (C=O) groups is 4. The number of carboxylic acid groups (broad SMARTS) is 4. The third-order valence-corrected chi connectivity index (χ3v) is 5.33. The van der Waals surface area contributed by atoms with E-state index in [1.807, 2.05) is 13.8 Å². The van der Waals surface area contributed by atoms with E-state index in [9.17, 15) is 39.6 Å². The van der Waals surface area contributed by atoms with Crippen LogP contribution in [0.1, 0.15) is 61.7 Å². The van der Waals surface area contributed by atoms with Gasteiger partial charge < -0.3 is 29.9 Å². The highest BCUT2D eigenvalue weighted by Gasteiger charge is 2.37. The zero-order valence-electron chi connectivity index (χ0n) is 18.7. The quantitative estimate of drug-likeness (QED) is 0.381. The smallest absolute Gasteiger partial charge is 0.340 e. The predicted molar refractivity (Wildman–Crippen MR) is 121 cm³/mol. The van der Waals surface area contributed by atoms with Crippen molar-refractivity contribution in [2.45, 2.75) is 26.1 Å². The molecule has 0 fully saturated rings. The van der Waals surface area contributed by atoms with Crippen molar-refractivity contribution >= 4 is 23.9 Å². The molecule has 182 valence electrons. The molecule has 0 aromatic heterocycles. The molecule has 0 spiro atoms. The summed E-state index contributed by atoms with van der Waals surface area (Å²) in [6.45, 7) is 3.89. The van der Waals surface area contributed by atoms with E-state index in [-0.39, 0.29) is 23.8 Å². The van der Waals surface area contributed by atoms with E-state index >= 15 is 0 Å². The van der Waals surface area contributed by atoms with Crippen LogP contribution >= 0.6 is 0 Å². The second kappa shape index (κ2) is 9.72. The fourth-order valence-corrected chi connectivity index (χ4v) is 3.62. The number of carboxylic acids is 4. The van der Waals surface area contributed by atoms with Gasteiger partial charge in [0.25, 0.3) is 5.79 Å². The first-order valence-electron chi connectivity index (χ1n) is 10.4. The monoisotopic (exact) mass is 482 g/mol. The minimum absolute atomic E-state index is 0.0102. The van der Waals surface area contributed by atoms with Crippen molar-refractivity contribution in [3.05, 3.63) is 82.5 Å². The lowest BCUT2D eigenvalue weighted by Crippen LogP contribution is -2.42. The zero-order valence-corrected chi connectivity index (χ0v) is 18.7. The minimum Gasteiger partial charge on any atom is -0.478 e. The van der Waals surface area contributed by atoms with E-state index < -0.39 is 51.9 Å². The van der Waals surface area contributed by atoms with Crippen molar-refractivity contribution in [1.29, 1.82) is 0 Å². The van der Waals surface area contributed by atoms with Crippen LogP contribution in [0.5, 0.6) is 11.5 Å². The third kappa shape index (κ3) is 5.16. The highest BCUT2D eigenvalue weighted by atomic mass is 16.7. The molecule has 0 saturated carbocycles. The molecule has 0 radical (unpaired) electrons. The van der Waals surface area contributed by atoms with Crippen LogP contribution in [0.2, 0.25) is 0 Å². The normalized spacial score (nSPS) is 14.2. The average molecular weight is 482 g/mol. The van der Waals surface area contributed by atoms with Gasteiger partial charge in [0.05, 0.1) is 11.1 Å². The van der Waals surface area contributed by atoms with Crippen molar-refractivity contribution in [2.24, 2.45) is 5.92 Å². The maximum atomic E-state index is 11.9. The van der Waals surface area contributed by atoms with Crippen LogP contribution in [-0.4, -0.2) is 50.1 Å². The Morgan fingerprint density at radius 1 is 0.771 bits per heavy atom. The average Bonchev–Trinajstić information content (AvgIpc) is 2.78. The number of hydrogen-bond acceptors (Lipinski definition) is 6. The van der Waals surface area contributed by atoms with Gasteiger partial charge >= 0.3 is 23.9 Å². The van der Waals surface area contributed by atoms with Gasteiger partial charge in [-0.05, 0) is 35.8 Å². The molecule has 0 heterocycles. The predicted octanol–water partition coefficient (Wildman–Crippen LogP) is 4.18. The van der Waals surface area contributed by atoms with Crippen LogP contribution in [0.3, 0.4) is 0 Å². The van der Waals surface area contributed by atoms with Gasteiger partial charge in [0, 0.05) is 12.5 Å². The van der Waals surface area contributed by atoms with E-state index in [0.717, 1.165) is 17.7 Å². The maximum absolute atomic E-state index is 11.9. The van der Waals surface area contributed by atoms with E-state index in [2.05, 4.69) is 0 Å². The summed E-state index contributed by atoms with van der Waals surface area (Å²) in [6.07, 6.45) is 4.87. The van der Waals surface area contributed by atoms with Gasteiger partial charge in [-0.15, -0.1) is 0 Å². The standard InChI is InChI=1S/C25H22O10/c1-13(2)14-9-11-25(12-10-14,34-17-7-3-5-15(21(26)27)19(17)23(30)31)35-18-8-4-6-16(22(28)29)20(18)24(32)33/h3-11,13H,12H2,1-2H3,(H,26,27)(H,28,29)(H,30,31)(H,32,33). The van der Waals surface area contributed by atoms with Crippen LogP contribution in [0.25, 0.3) is 0 Å². The first-order chi connectivity index (χ1) is 16.5. The molecule has 0 atom stereocenters. The van der Waals surface area contributed by atoms with Crippen LogP contribution in [-0.2, 0) is 0 Å². The number of ether oxygens (including phenoxy) is 2. The summed E-state index contributed by atoms with van der Waals surface area (Å²) >= 11 is 0. The molecule has 0 saturated heterocycles. The Hall–Kier alpha value is -4.60.